The topological polar surface area (TPSA) is 96.0 Å². The first-order valence-electron chi connectivity index (χ1n) is 12.4. The van der Waals surface area contributed by atoms with Crippen molar-refractivity contribution in [3.05, 3.63) is 75.9 Å². The second-order valence-electron chi connectivity index (χ2n) is 10.3. The van der Waals surface area contributed by atoms with Crippen LogP contribution in [0, 0.1) is 6.92 Å². The molecule has 204 valence electrons. The smallest absolute Gasteiger partial charge is 0.310 e. The molecule has 9 heteroatoms. The summed E-state index contributed by atoms with van der Waals surface area (Å²) in [7, 11) is -5.69. The molecule has 0 fully saturated rings. The number of hydrogen-bond donors (Lipinski definition) is 0. The number of hydrogen-bond acceptors (Lipinski definition) is 7. The molecule has 0 aliphatic heterocycles. The van der Waals surface area contributed by atoms with Gasteiger partial charge in [-0.3, -0.25) is 18.7 Å². The highest BCUT2D eigenvalue weighted by Gasteiger charge is 2.27. The fourth-order valence-corrected chi connectivity index (χ4v) is 5.58. The molecule has 7 nitrogen and oxygen atoms in total. The minimum atomic E-state index is -2.90. The van der Waals surface area contributed by atoms with Crippen molar-refractivity contribution in [3.8, 4) is 0 Å². The molecule has 0 aromatic heterocycles. The van der Waals surface area contributed by atoms with Crippen molar-refractivity contribution >= 4 is 43.7 Å². The zero-order valence-electron chi connectivity index (χ0n) is 23.1. The van der Waals surface area contributed by atoms with E-state index in [1.54, 1.807) is 12.1 Å². The van der Waals surface area contributed by atoms with Crippen LogP contribution in [0.5, 0.6) is 0 Å². The van der Waals surface area contributed by atoms with Gasteiger partial charge in [0.1, 0.15) is 12.7 Å². The maximum Gasteiger partial charge on any atom is 0.310 e. The number of ketones is 1. The molecule has 3 rings (SSSR count). The summed E-state index contributed by atoms with van der Waals surface area (Å²) in [4.78, 5) is 24.6. The normalized spacial score (nSPS) is 15.5. The average molecular weight is 559 g/mol. The molecule has 0 bridgehead atoms. The van der Waals surface area contributed by atoms with Crippen LogP contribution in [0.15, 0.2) is 48.0 Å². The number of carbonyl (C=O) groups excluding carboxylic acids is 2. The Morgan fingerprint density at radius 3 is 2.13 bits per heavy atom. The van der Waals surface area contributed by atoms with Gasteiger partial charge in [-0.15, -0.1) is 0 Å². The molecule has 38 heavy (non-hydrogen) atoms. The van der Waals surface area contributed by atoms with Gasteiger partial charge in [0.15, 0.2) is 20.5 Å². The van der Waals surface area contributed by atoms with Crippen LogP contribution in [0.1, 0.15) is 52.9 Å². The Balaban J connectivity index is 1.82. The van der Waals surface area contributed by atoms with Crippen LogP contribution in [-0.4, -0.2) is 57.7 Å². The lowest BCUT2D eigenvalue weighted by Crippen LogP contribution is -2.26. The third-order valence-electron chi connectivity index (χ3n) is 6.00. The van der Waals surface area contributed by atoms with Crippen LogP contribution >= 0.6 is 14.7 Å². The molecule has 0 spiro atoms. The van der Waals surface area contributed by atoms with E-state index in [-0.39, 0.29) is 25.4 Å². The standard InChI is InChI=1S/C29H36O7P2/c1-19-8-13-25-26(15-22-9-11-23(12-10-22)21(3)30)20(2)27(28(25)14-19)16-29(31)34-17-24(36-38(6,7)33)18-35-37(4,5)32/h8-15,24H,16-18H2,1-7H3/b26-15-. The van der Waals surface area contributed by atoms with Crippen molar-refractivity contribution in [2.45, 2.75) is 33.3 Å². The van der Waals surface area contributed by atoms with Crippen LogP contribution < -0.4 is 0 Å². The van der Waals surface area contributed by atoms with E-state index in [1.165, 1.54) is 33.6 Å². The molecular weight excluding hydrogens is 522 g/mol. The monoisotopic (exact) mass is 558 g/mol. The Bertz CT molecular complexity index is 1370. The summed E-state index contributed by atoms with van der Waals surface area (Å²) in [5.41, 5.74) is 7.54. The number of benzene rings is 2. The van der Waals surface area contributed by atoms with Crippen LogP contribution in [-0.2, 0) is 27.7 Å². The van der Waals surface area contributed by atoms with E-state index in [0.29, 0.717) is 5.56 Å². The van der Waals surface area contributed by atoms with Gasteiger partial charge in [0.25, 0.3) is 0 Å². The number of ether oxygens (including phenoxy) is 1. The van der Waals surface area contributed by atoms with E-state index in [0.717, 1.165) is 39.0 Å². The third kappa shape index (κ3) is 8.47. The maximum atomic E-state index is 12.9. The quantitative estimate of drug-likeness (QED) is 0.168. The summed E-state index contributed by atoms with van der Waals surface area (Å²) < 4.78 is 40.6. The van der Waals surface area contributed by atoms with Gasteiger partial charge in [-0.25, -0.2) is 0 Å². The van der Waals surface area contributed by atoms with Gasteiger partial charge in [0.05, 0.1) is 13.0 Å². The van der Waals surface area contributed by atoms with Crippen LogP contribution in [0.4, 0.5) is 0 Å². The minimum absolute atomic E-state index is 0.0149. The molecule has 0 N–H and O–H groups in total. The second-order valence-corrected chi connectivity index (χ2v) is 15.8. The number of allylic oxidation sites excluding steroid dienone is 2. The van der Waals surface area contributed by atoms with E-state index >= 15 is 0 Å². The van der Waals surface area contributed by atoms with Crippen LogP contribution in [0.3, 0.4) is 0 Å². The predicted molar refractivity (Wildman–Crippen MR) is 153 cm³/mol. The maximum absolute atomic E-state index is 12.9. The highest BCUT2D eigenvalue weighted by molar-refractivity contribution is 7.57. The molecular formula is C29H36O7P2. The van der Waals surface area contributed by atoms with Crippen LogP contribution in [0.2, 0.25) is 0 Å². The van der Waals surface area contributed by atoms with E-state index in [2.05, 4.69) is 18.2 Å². The van der Waals surface area contributed by atoms with Crippen molar-refractivity contribution in [2.24, 2.45) is 0 Å². The van der Waals surface area contributed by atoms with Crippen LogP contribution in [0.25, 0.3) is 17.2 Å². The van der Waals surface area contributed by atoms with E-state index in [1.807, 2.05) is 32.0 Å². The lowest BCUT2D eigenvalue weighted by molar-refractivity contribution is -0.145. The number of carbonyl (C=O) groups is 2. The summed E-state index contributed by atoms with van der Waals surface area (Å²) >= 11 is 0. The molecule has 1 unspecified atom stereocenters. The summed E-state index contributed by atoms with van der Waals surface area (Å²) in [5.74, 6) is -0.438. The van der Waals surface area contributed by atoms with Gasteiger partial charge in [-0.2, -0.15) is 0 Å². The molecule has 0 amide bonds. The zero-order chi connectivity index (χ0) is 28.3. The zero-order valence-corrected chi connectivity index (χ0v) is 24.9. The Morgan fingerprint density at radius 2 is 1.55 bits per heavy atom. The molecule has 1 aliphatic carbocycles. The molecule has 2 aromatic rings. The first-order chi connectivity index (χ1) is 17.6. The van der Waals surface area contributed by atoms with Gasteiger partial charge in [0, 0.05) is 32.2 Å². The first-order valence-corrected chi connectivity index (χ1v) is 17.4. The molecule has 1 aliphatic rings. The highest BCUT2D eigenvalue weighted by Crippen LogP contribution is 2.44. The van der Waals surface area contributed by atoms with Gasteiger partial charge >= 0.3 is 5.97 Å². The van der Waals surface area contributed by atoms with Crippen molar-refractivity contribution in [1.29, 1.82) is 0 Å². The van der Waals surface area contributed by atoms with Crippen molar-refractivity contribution < 1.29 is 32.5 Å². The van der Waals surface area contributed by atoms with Crippen molar-refractivity contribution in [1.82, 2.24) is 0 Å². The molecule has 0 saturated carbocycles. The fraction of sp³-hybridized carbons (Fsp3) is 0.379. The number of rotatable bonds is 11. The third-order valence-corrected chi connectivity index (χ3v) is 7.58. The average Bonchev–Trinajstić information content (AvgIpc) is 3.05. The van der Waals surface area contributed by atoms with Gasteiger partial charge in [-0.1, -0.05) is 48.0 Å². The fourth-order valence-electron chi connectivity index (χ4n) is 4.22. The van der Waals surface area contributed by atoms with Gasteiger partial charge in [-0.05, 0) is 60.3 Å². The second kappa shape index (κ2) is 12.1. The lowest BCUT2D eigenvalue weighted by Gasteiger charge is -2.21. The van der Waals surface area contributed by atoms with Gasteiger partial charge < -0.3 is 13.8 Å². The van der Waals surface area contributed by atoms with E-state index in [9.17, 15) is 18.7 Å². The number of Topliss-reactive ketones (excluding diaryl/α,β-unsaturated/α-hetero) is 1. The Kier molecular flexibility index (Phi) is 9.54. The molecule has 0 saturated heterocycles. The largest absolute Gasteiger partial charge is 0.463 e. The predicted octanol–water partition coefficient (Wildman–Crippen LogP) is 6.94. The lowest BCUT2D eigenvalue weighted by atomic mass is 9.98. The van der Waals surface area contributed by atoms with E-state index < -0.39 is 26.8 Å². The summed E-state index contributed by atoms with van der Waals surface area (Å²) in [6.07, 6.45) is 1.31. The molecule has 0 radical (unpaired) electrons. The first kappa shape index (κ1) is 30.0. The van der Waals surface area contributed by atoms with E-state index in [4.69, 9.17) is 13.8 Å². The molecule has 0 heterocycles. The Morgan fingerprint density at radius 1 is 0.895 bits per heavy atom. The summed E-state index contributed by atoms with van der Waals surface area (Å²) in [6.45, 7) is 11.2. The van der Waals surface area contributed by atoms with Crippen molar-refractivity contribution in [2.75, 3.05) is 39.9 Å². The molecule has 1 atom stereocenters. The number of esters is 1. The molecule has 2 aromatic carbocycles. The number of fused-ring (bicyclic) bond motifs is 1. The Hall–Kier alpha value is -2.56. The Labute approximate surface area is 225 Å². The van der Waals surface area contributed by atoms with Crippen molar-refractivity contribution in [3.63, 3.8) is 0 Å². The highest BCUT2D eigenvalue weighted by atomic mass is 31.2. The van der Waals surface area contributed by atoms with Gasteiger partial charge in [0.2, 0.25) is 0 Å². The summed E-state index contributed by atoms with van der Waals surface area (Å²) in [5, 5.41) is 0. The minimum Gasteiger partial charge on any atom is -0.463 e. The SMILES string of the molecule is CC(=O)c1ccc(/C=C2/C(C)=C(CC(=O)OCC(COP(C)(C)=O)OP(C)(C)=O)c3cc(C)ccc32)cc1. The number of aryl methyl sites for hydroxylation is 1. The summed E-state index contributed by atoms with van der Waals surface area (Å²) in [6, 6.07) is 13.6.